The number of carbonyl (C=O) groups is 1. The highest BCUT2D eigenvalue weighted by Gasteiger charge is 2.63. The zero-order valence-corrected chi connectivity index (χ0v) is 13.9. The highest BCUT2D eigenvalue weighted by molar-refractivity contribution is 5.86. The second-order valence-corrected chi connectivity index (χ2v) is 8.00. The van der Waals surface area contributed by atoms with Crippen LogP contribution in [0, 0.1) is 5.92 Å². The van der Waals surface area contributed by atoms with E-state index in [1.165, 1.54) is 19.8 Å². The van der Waals surface area contributed by atoms with Crippen molar-refractivity contribution in [1.82, 2.24) is 4.90 Å². The number of aromatic hydroxyl groups is 1. The summed E-state index contributed by atoms with van der Waals surface area (Å²) >= 11 is 0. The van der Waals surface area contributed by atoms with Crippen LogP contribution in [0.2, 0.25) is 0 Å². The fourth-order valence-electron chi connectivity index (χ4n) is 5.28. The SMILES string of the molecule is CC(=O)C1Oc2c(O)ccc3c2[C@@]12CCN(CC1CC1)C(C3)C2O. The number of carbonyl (C=O) groups excluding carboxylic acids is 1. The van der Waals surface area contributed by atoms with Gasteiger partial charge in [0.15, 0.2) is 23.4 Å². The van der Waals surface area contributed by atoms with Crippen LogP contribution in [0.15, 0.2) is 12.1 Å². The van der Waals surface area contributed by atoms with Crippen molar-refractivity contribution >= 4 is 5.78 Å². The first kappa shape index (κ1) is 14.7. The molecule has 4 aliphatic rings. The summed E-state index contributed by atoms with van der Waals surface area (Å²) in [5.74, 6) is 1.18. The second kappa shape index (κ2) is 4.73. The summed E-state index contributed by atoms with van der Waals surface area (Å²) in [4.78, 5) is 14.7. The van der Waals surface area contributed by atoms with E-state index < -0.39 is 17.6 Å². The predicted molar refractivity (Wildman–Crippen MR) is 87.3 cm³/mol. The number of phenolic OH excluding ortho intramolecular Hbond substituents is 1. The third kappa shape index (κ3) is 1.74. The Balaban J connectivity index is 1.65. The van der Waals surface area contributed by atoms with Gasteiger partial charge in [-0.05, 0) is 56.7 Å². The third-order valence-corrected chi connectivity index (χ3v) is 6.55. The highest BCUT2D eigenvalue weighted by Crippen LogP contribution is 2.58. The molecule has 1 saturated carbocycles. The van der Waals surface area contributed by atoms with Crippen LogP contribution in [0.25, 0.3) is 0 Å². The lowest BCUT2D eigenvalue weighted by Crippen LogP contribution is -2.67. The average Bonchev–Trinajstić information content (AvgIpc) is 3.28. The maximum absolute atomic E-state index is 12.3. The third-order valence-electron chi connectivity index (χ3n) is 6.55. The van der Waals surface area contributed by atoms with Crippen molar-refractivity contribution in [2.75, 3.05) is 13.1 Å². The van der Waals surface area contributed by atoms with E-state index in [0.29, 0.717) is 12.2 Å². The lowest BCUT2D eigenvalue weighted by atomic mass is 9.59. The number of piperidine rings is 1. The van der Waals surface area contributed by atoms with Gasteiger partial charge < -0.3 is 14.9 Å². The number of hydrogen-bond acceptors (Lipinski definition) is 5. The van der Waals surface area contributed by atoms with Crippen LogP contribution in [0.4, 0.5) is 0 Å². The summed E-state index contributed by atoms with van der Waals surface area (Å²) in [5.41, 5.74) is 1.30. The number of Topliss-reactive ketones (excluding diaryl/α,β-unsaturated/α-hetero) is 1. The maximum Gasteiger partial charge on any atom is 0.171 e. The zero-order valence-electron chi connectivity index (χ0n) is 13.9. The molecule has 1 spiro atoms. The van der Waals surface area contributed by atoms with Gasteiger partial charge in [0.2, 0.25) is 0 Å². The van der Waals surface area contributed by atoms with Gasteiger partial charge in [0.05, 0.1) is 11.5 Å². The van der Waals surface area contributed by atoms with Gasteiger partial charge in [-0.25, -0.2) is 0 Å². The average molecular weight is 329 g/mol. The van der Waals surface area contributed by atoms with Crippen molar-refractivity contribution in [3.05, 3.63) is 23.3 Å². The molecule has 0 amide bonds. The molecule has 1 aromatic carbocycles. The molecule has 5 rings (SSSR count). The van der Waals surface area contributed by atoms with Crippen molar-refractivity contribution in [2.24, 2.45) is 5.92 Å². The molecule has 5 heteroatoms. The van der Waals surface area contributed by atoms with Crippen LogP contribution in [-0.2, 0) is 16.6 Å². The van der Waals surface area contributed by atoms with E-state index in [-0.39, 0.29) is 17.6 Å². The van der Waals surface area contributed by atoms with Gasteiger partial charge in [-0.3, -0.25) is 9.69 Å². The van der Waals surface area contributed by atoms with Gasteiger partial charge in [0.1, 0.15) is 0 Å². The molecule has 0 radical (unpaired) electrons. The fourth-order valence-corrected chi connectivity index (χ4v) is 5.28. The van der Waals surface area contributed by atoms with Crippen molar-refractivity contribution in [2.45, 2.75) is 56.3 Å². The first-order chi connectivity index (χ1) is 11.5. The predicted octanol–water partition coefficient (Wildman–Crippen LogP) is 1.38. The number of ketones is 1. The van der Waals surface area contributed by atoms with Gasteiger partial charge in [-0.1, -0.05) is 6.07 Å². The number of benzene rings is 1. The Morgan fingerprint density at radius 3 is 2.92 bits per heavy atom. The minimum absolute atomic E-state index is 0.0350. The number of rotatable bonds is 3. The Morgan fingerprint density at radius 2 is 2.21 bits per heavy atom. The van der Waals surface area contributed by atoms with Crippen LogP contribution >= 0.6 is 0 Å². The summed E-state index contributed by atoms with van der Waals surface area (Å²) in [6, 6.07) is 3.63. The number of fused-ring (bicyclic) bond motifs is 1. The molecule has 1 saturated heterocycles. The first-order valence-electron chi connectivity index (χ1n) is 8.97. The van der Waals surface area contributed by atoms with Crippen LogP contribution in [0.3, 0.4) is 0 Å². The van der Waals surface area contributed by atoms with Crippen molar-refractivity contribution < 1.29 is 19.7 Å². The highest BCUT2D eigenvalue weighted by atomic mass is 16.5. The Bertz CT molecular complexity index is 728. The molecule has 4 atom stereocenters. The van der Waals surface area contributed by atoms with Crippen LogP contribution in [0.5, 0.6) is 11.5 Å². The van der Waals surface area contributed by atoms with E-state index in [1.807, 2.05) is 6.07 Å². The molecular weight excluding hydrogens is 306 g/mol. The minimum atomic E-state index is -0.696. The number of ether oxygens (including phenoxy) is 1. The minimum Gasteiger partial charge on any atom is -0.504 e. The van der Waals surface area contributed by atoms with Crippen molar-refractivity contribution in [3.63, 3.8) is 0 Å². The molecule has 2 heterocycles. The van der Waals surface area contributed by atoms with E-state index >= 15 is 0 Å². The zero-order chi connectivity index (χ0) is 16.6. The number of nitrogens with zero attached hydrogens (tertiary/aromatic N) is 1. The van der Waals surface area contributed by atoms with Crippen LogP contribution < -0.4 is 4.74 Å². The molecule has 2 bridgehead atoms. The molecule has 0 aromatic heterocycles. The Kier molecular flexibility index (Phi) is 2.90. The fraction of sp³-hybridized carbons (Fsp3) is 0.632. The van der Waals surface area contributed by atoms with Crippen LogP contribution in [-0.4, -0.2) is 52.2 Å². The monoisotopic (exact) mass is 329 g/mol. The van der Waals surface area contributed by atoms with Gasteiger partial charge in [-0.15, -0.1) is 0 Å². The Labute approximate surface area is 141 Å². The number of aliphatic hydroxyl groups excluding tert-OH is 1. The van der Waals surface area contributed by atoms with Gasteiger partial charge in [0, 0.05) is 18.2 Å². The van der Waals surface area contributed by atoms with Crippen molar-refractivity contribution in [3.8, 4) is 11.5 Å². The van der Waals surface area contributed by atoms with E-state index in [2.05, 4.69) is 4.90 Å². The number of hydrogen-bond donors (Lipinski definition) is 2. The smallest absolute Gasteiger partial charge is 0.171 e. The molecule has 2 aliphatic carbocycles. The van der Waals surface area contributed by atoms with Gasteiger partial charge >= 0.3 is 0 Å². The topological polar surface area (TPSA) is 70.0 Å². The van der Waals surface area contributed by atoms with Gasteiger partial charge in [0.25, 0.3) is 0 Å². The van der Waals surface area contributed by atoms with E-state index in [4.69, 9.17) is 4.74 Å². The summed E-state index contributed by atoms with van der Waals surface area (Å²) in [6.45, 7) is 3.44. The standard InChI is InChI=1S/C19H23NO4/c1-10(21)18-19-6-7-20(9-11-2-3-11)13(17(19)23)8-12-4-5-14(22)16(24-18)15(12)19/h4-5,11,13,17-18,22-23H,2-3,6-9H2,1H3/t13?,17?,18?,19-/m1/s1. The molecule has 2 N–H and O–H groups in total. The number of phenols is 1. The summed E-state index contributed by atoms with van der Waals surface area (Å²) in [7, 11) is 0. The molecule has 2 fully saturated rings. The maximum atomic E-state index is 12.3. The largest absolute Gasteiger partial charge is 0.504 e. The number of likely N-dealkylation sites (tertiary alicyclic amines) is 1. The van der Waals surface area contributed by atoms with E-state index in [1.54, 1.807) is 6.07 Å². The van der Waals surface area contributed by atoms with E-state index in [0.717, 1.165) is 36.6 Å². The van der Waals surface area contributed by atoms with E-state index in [9.17, 15) is 15.0 Å². The lowest BCUT2D eigenvalue weighted by molar-refractivity contribution is -0.135. The first-order valence-corrected chi connectivity index (χ1v) is 8.97. The van der Waals surface area contributed by atoms with Crippen molar-refractivity contribution in [1.29, 1.82) is 0 Å². The number of aliphatic hydroxyl groups is 1. The molecule has 5 nitrogen and oxygen atoms in total. The Morgan fingerprint density at radius 1 is 1.42 bits per heavy atom. The van der Waals surface area contributed by atoms with Gasteiger partial charge in [-0.2, -0.15) is 0 Å². The molecule has 2 aliphatic heterocycles. The second-order valence-electron chi connectivity index (χ2n) is 8.00. The quantitative estimate of drug-likeness (QED) is 0.877. The molecular formula is C19H23NO4. The molecule has 24 heavy (non-hydrogen) atoms. The summed E-state index contributed by atoms with van der Waals surface area (Å²) < 4.78 is 5.92. The summed E-state index contributed by atoms with van der Waals surface area (Å²) in [6.07, 6.45) is 2.71. The molecule has 1 aromatic rings. The Hall–Kier alpha value is -1.59. The molecule has 3 unspecified atom stereocenters. The lowest BCUT2D eigenvalue weighted by Gasteiger charge is -2.53. The summed E-state index contributed by atoms with van der Waals surface area (Å²) in [5, 5.41) is 21.5. The normalized spacial score (nSPS) is 37.0. The van der Waals surface area contributed by atoms with Crippen LogP contribution in [0.1, 0.15) is 37.3 Å². The molecule has 128 valence electrons.